The maximum Gasteiger partial charge on any atom is 0.152 e. The summed E-state index contributed by atoms with van der Waals surface area (Å²) in [5.41, 5.74) is -0.0861. The lowest BCUT2D eigenvalue weighted by Crippen LogP contribution is -2.30. The van der Waals surface area contributed by atoms with E-state index >= 15 is 0 Å². The van der Waals surface area contributed by atoms with Crippen LogP contribution in [0.2, 0.25) is 0 Å². The Kier molecular flexibility index (Phi) is 4.46. The Morgan fingerprint density at radius 1 is 1.35 bits per heavy atom. The first-order valence-corrected chi connectivity index (χ1v) is 5.73. The summed E-state index contributed by atoms with van der Waals surface area (Å²) in [7, 11) is 0. The first-order chi connectivity index (χ1) is 7.93. The van der Waals surface area contributed by atoms with Crippen molar-refractivity contribution in [1.29, 1.82) is 0 Å². The van der Waals surface area contributed by atoms with Gasteiger partial charge in [0.1, 0.15) is 11.5 Å². The normalized spacial score (nSPS) is 14.5. The summed E-state index contributed by atoms with van der Waals surface area (Å²) in [6.07, 6.45) is 0.728. The highest BCUT2D eigenvalue weighted by molar-refractivity contribution is 5.49. The van der Waals surface area contributed by atoms with Crippen LogP contribution in [-0.2, 0) is 0 Å². The Bertz CT molecular complexity index is 389. The van der Waals surface area contributed by atoms with Crippen molar-refractivity contribution in [1.82, 2.24) is 0 Å². The van der Waals surface area contributed by atoms with Gasteiger partial charge >= 0.3 is 0 Å². The third-order valence-corrected chi connectivity index (χ3v) is 3.21. The average Bonchev–Trinajstić information content (AvgIpc) is 2.33. The highest BCUT2D eigenvalue weighted by Gasteiger charge is 2.22. The van der Waals surface area contributed by atoms with Crippen LogP contribution >= 0.6 is 0 Å². The third-order valence-electron chi connectivity index (χ3n) is 3.21. The van der Waals surface area contributed by atoms with Crippen LogP contribution in [0.25, 0.3) is 0 Å². The molecule has 1 aromatic rings. The van der Waals surface area contributed by atoms with Gasteiger partial charge in [0.25, 0.3) is 0 Å². The van der Waals surface area contributed by atoms with E-state index in [0.717, 1.165) is 6.42 Å². The minimum absolute atomic E-state index is 0.0223. The molecule has 0 saturated carbocycles. The number of aryl methyl sites for hydroxylation is 1. The standard InChI is InChI=1S/C13H19F2NO/c1-4-13(3,8-17)7-16-12-10(14)6-5-9(2)11(12)15/h5-6,16-17H,4,7-8H2,1-3H3. The van der Waals surface area contributed by atoms with Gasteiger partial charge in [-0.1, -0.05) is 19.9 Å². The molecule has 0 aliphatic carbocycles. The Hall–Kier alpha value is -1.16. The van der Waals surface area contributed by atoms with Crippen LogP contribution in [0.5, 0.6) is 0 Å². The average molecular weight is 243 g/mol. The number of halogens is 2. The van der Waals surface area contributed by atoms with Crippen molar-refractivity contribution < 1.29 is 13.9 Å². The summed E-state index contributed by atoms with van der Waals surface area (Å²) in [5, 5.41) is 12.0. The molecule has 1 aromatic carbocycles. The molecule has 0 aromatic heterocycles. The van der Waals surface area contributed by atoms with E-state index in [1.165, 1.54) is 12.1 Å². The van der Waals surface area contributed by atoms with Gasteiger partial charge in [-0.2, -0.15) is 0 Å². The molecule has 0 aliphatic rings. The Morgan fingerprint density at radius 2 is 2.00 bits per heavy atom. The Labute approximate surface area is 101 Å². The summed E-state index contributed by atoms with van der Waals surface area (Å²) < 4.78 is 27.1. The molecule has 0 bridgehead atoms. The van der Waals surface area contributed by atoms with Gasteiger partial charge in [-0.05, 0) is 25.0 Å². The van der Waals surface area contributed by atoms with E-state index in [2.05, 4.69) is 5.32 Å². The van der Waals surface area contributed by atoms with E-state index in [0.29, 0.717) is 12.1 Å². The summed E-state index contributed by atoms with van der Waals surface area (Å²) in [5.74, 6) is -1.18. The molecule has 1 atom stereocenters. The zero-order valence-corrected chi connectivity index (χ0v) is 10.5. The van der Waals surface area contributed by atoms with Crippen molar-refractivity contribution in [2.75, 3.05) is 18.5 Å². The minimum atomic E-state index is -0.607. The molecule has 0 saturated heterocycles. The van der Waals surface area contributed by atoms with Crippen molar-refractivity contribution in [2.45, 2.75) is 27.2 Å². The van der Waals surface area contributed by atoms with Gasteiger partial charge in [-0.15, -0.1) is 0 Å². The zero-order chi connectivity index (χ0) is 13.1. The lowest BCUT2D eigenvalue weighted by Gasteiger charge is -2.26. The molecule has 96 valence electrons. The number of aliphatic hydroxyl groups excluding tert-OH is 1. The fraction of sp³-hybridized carbons (Fsp3) is 0.538. The zero-order valence-electron chi connectivity index (χ0n) is 10.5. The second kappa shape index (κ2) is 5.45. The van der Waals surface area contributed by atoms with E-state index < -0.39 is 11.6 Å². The molecule has 0 aliphatic heterocycles. The van der Waals surface area contributed by atoms with Gasteiger partial charge in [0.05, 0.1) is 6.61 Å². The number of hydrogen-bond acceptors (Lipinski definition) is 2. The van der Waals surface area contributed by atoms with Gasteiger partial charge in [0.15, 0.2) is 5.82 Å². The number of nitrogens with one attached hydrogen (secondary N) is 1. The lowest BCUT2D eigenvalue weighted by molar-refractivity contribution is 0.149. The second-order valence-corrected chi connectivity index (χ2v) is 4.73. The molecule has 1 rings (SSSR count). The molecule has 0 amide bonds. The quantitative estimate of drug-likeness (QED) is 0.833. The monoisotopic (exact) mass is 243 g/mol. The van der Waals surface area contributed by atoms with Gasteiger partial charge in [0, 0.05) is 12.0 Å². The van der Waals surface area contributed by atoms with E-state index in [9.17, 15) is 13.9 Å². The molecule has 2 N–H and O–H groups in total. The number of hydrogen-bond donors (Lipinski definition) is 2. The molecule has 0 fully saturated rings. The number of rotatable bonds is 5. The van der Waals surface area contributed by atoms with Gasteiger partial charge < -0.3 is 10.4 Å². The smallest absolute Gasteiger partial charge is 0.152 e. The third kappa shape index (κ3) is 3.16. The van der Waals surface area contributed by atoms with Crippen molar-refractivity contribution in [3.05, 3.63) is 29.3 Å². The largest absolute Gasteiger partial charge is 0.396 e. The highest BCUT2D eigenvalue weighted by atomic mass is 19.1. The maximum absolute atomic E-state index is 13.7. The van der Waals surface area contributed by atoms with E-state index in [-0.39, 0.29) is 17.7 Å². The van der Waals surface area contributed by atoms with E-state index in [1.54, 1.807) is 6.92 Å². The summed E-state index contributed by atoms with van der Waals surface area (Å²) in [6.45, 7) is 5.69. The molecule has 0 spiro atoms. The first-order valence-electron chi connectivity index (χ1n) is 5.73. The molecule has 2 nitrogen and oxygen atoms in total. The van der Waals surface area contributed by atoms with Gasteiger partial charge in [0.2, 0.25) is 0 Å². The number of anilines is 1. The van der Waals surface area contributed by atoms with Crippen LogP contribution in [0.15, 0.2) is 12.1 Å². The number of aliphatic hydroxyl groups is 1. The fourth-order valence-corrected chi connectivity index (χ4v) is 1.41. The maximum atomic E-state index is 13.7. The minimum Gasteiger partial charge on any atom is -0.396 e. The van der Waals surface area contributed by atoms with Crippen LogP contribution < -0.4 is 5.32 Å². The van der Waals surface area contributed by atoms with Crippen molar-refractivity contribution in [3.8, 4) is 0 Å². The molecule has 0 heterocycles. The summed E-state index contributed by atoms with van der Waals surface area (Å²) >= 11 is 0. The van der Waals surface area contributed by atoms with Crippen LogP contribution in [0.1, 0.15) is 25.8 Å². The Balaban J connectivity index is 2.86. The highest BCUT2D eigenvalue weighted by Crippen LogP contribution is 2.25. The molecule has 1 unspecified atom stereocenters. The lowest BCUT2D eigenvalue weighted by atomic mass is 9.88. The van der Waals surface area contributed by atoms with Crippen molar-refractivity contribution in [3.63, 3.8) is 0 Å². The molecular weight excluding hydrogens is 224 g/mol. The molecule has 4 heteroatoms. The predicted molar refractivity (Wildman–Crippen MR) is 65.1 cm³/mol. The van der Waals surface area contributed by atoms with Crippen LogP contribution in [0, 0.1) is 24.0 Å². The number of benzene rings is 1. The summed E-state index contributed by atoms with van der Waals surface area (Å²) in [6, 6.07) is 2.64. The molecule has 17 heavy (non-hydrogen) atoms. The Morgan fingerprint density at radius 3 is 2.53 bits per heavy atom. The predicted octanol–water partition coefficient (Wildman–Crippen LogP) is 3.09. The second-order valence-electron chi connectivity index (χ2n) is 4.73. The van der Waals surface area contributed by atoms with Crippen LogP contribution in [-0.4, -0.2) is 18.3 Å². The van der Waals surface area contributed by atoms with Gasteiger partial charge in [-0.25, -0.2) is 8.78 Å². The van der Waals surface area contributed by atoms with E-state index in [1.807, 2.05) is 13.8 Å². The fourth-order valence-electron chi connectivity index (χ4n) is 1.41. The van der Waals surface area contributed by atoms with E-state index in [4.69, 9.17) is 0 Å². The molecular formula is C13H19F2NO. The summed E-state index contributed by atoms with van der Waals surface area (Å²) in [4.78, 5) is 0. The van der Waals surface area contributed by atoms with Crippen molar-refractivity contribution >= 4 is 5.69 Å². The van der Waals surface area contributed by atoms with Crippen LogP contribution in [0.3, 0.4) is 0 Å². The van der Waals surface area contributed by atoms with Gasteiger partial charge in [-0.3, -0.25) is 0 Å². The topological polar surface area (TPSA) is 32.3 Å². The molecule has 0 radical (unpaired) electrons. The first kappa shape index (κ1) is 13.9. The SMILES string of the molecule is CCC(C)(CO)CNc1c(F)ccc(C)c1F. The van der Waals surface area contributed by atoms with Crippen LogP contribution in [0.4, 0.5) is 14.5 Å². The van der Waals surface area contributed by atoms with Crippen molar-refractivity contribution in [2.24, 2.45) is 5.41 Å².